The summed E-state index contributed by atoms with van der Waals surface area (Å²) in [7, 11) is 0. The summed E-state index contributed by atoms with van der Waals surface area (Å²) < 4.78 is 15.6. The molecule has 0 aliphatic carbocycles. The molecule has 12 rings (SSSR count). The minimum atomic E-state index is 0.537. The summed E-state index contributed by atoms with van der Waals surface area (Å²) in [5.74, 6) is 1.72. The first kappa shape index (κ1) is 31.5. The lowest BCUT2D eigenvalue weighted by atomic mass is 10.0. The summed E-state index contributed by atoms with van der Waals surface area (Å²) in [6.07, 6.45) is 0. The Morgan fingerprint density at radius 2 is 0.877 bits per heavy atom. The topological polar surface area (TPSA) is 69.9 Å². The zero-order chi connectivity index (χ0) is 37.5. The zero-order valence-corrected chi connectivity index (χ0v) is 30.4. The normalized spacial score (nSPS) is 11.9. The van der Waals surface area contributed by atoms with Gasteiger partial charge in [-0.1, -0.05) is 140 Å². The van der Waals surface area contributed by atoms with Gasteiger partial charge in [0.2, 0.25) is 0 Å². The van der Waals surface area contributed by atoms with E-state index in [1.165, 1.54) is 0 Å². The number of furan rings is 2. The van der Waals surface area contributed by atoms with E-state index in [0.29, 0.717) is 23.1 Å². The molecule has 8 aromatic carbocycles. The van der Waals surface area contributed by atoms with Crippen LogP contribution in [-0.2, 0) is 0 Å². The maximum atomic E-state index is 6.84. The van der Waals surface area contributed by atoms with E-state index in [1.54, 1.807) is 0 Å². The van der Waals surface area contributed by atoms with Crippen molar-refractivity contribution in [3.8, 4) is 51.0 Å². The summed E-state index contributed by atoms with van der Waals surface area (Å²) in [6, 6.07) is 62.5. The first-order valence-corrected chi connectivity index (χ1v) is 19.0. The molecule has 0 fully saturated rings. The van der Waals surface area contributed by atoms with Crippen LogP contribution in [-0.4, -0.2) is 19.5 Å². The predicted octanol–water partition coefficient (Wildman–Crippen LogP) is 13.4. The van der Waals surface area contributed by atoms with Gasteiger partial charge in [-0.15, -0.1) is 0 Å². The molecule has 6 nitrogen and oxygen atoms in total. The van der Waals surface area contributed by atoms with Gasteiger partial charge in [-0.2, -0.15) is 0 Å². The Balaban J connectivity index is 1.12. The molecule has 0 spiro atoms. The summed E-state index contributed by atoms with van der Waals surface area (Å²) in [4.78, 5) is 15.3. The molecule has 0 atom stereocenters. The molecule has 4 aromatic heterocycles. The van der Waals surface area contributed by atoms with E-state index in [-0.39, 0.29) is 0 Å². The molecule has 0 saturated carbocycles. The van der Waals surface area contributed by atoms with E-state index in [1.807, 2.05) is 60.7 Å². The van der Waals surface area contributed by atoms with Crippen molar-refractivity contribution in [2.75, 3.05) is 0 Å². The fourth-order valence-electron chi connectivity index (χ4n) is 8.49. The van der Waals surface area contributed by atoms with E-state index < -0.39 is 0 Å². The fourth-order valence-corrected chi connectivity index (χ4v) is 8.49. The van der Waals surface area contributed by atoms with Crippen molar-refractivity contribution in [1.29, 1.82) is 0 Å². The molecule has 0 radical (unpaired) electrons. The highest BCUT2D eigenvalue weighted by atomic mass is 16.3. The average Bonchev–Trinajstić information content (AvgIpc) is 3.97. The van der Waals surface area contributed by atoms with Crippen LogP contribution < -0.4 is 0 Å². The number of nitrogens with zero attached hydrogens (tertiary/aromatic N) is 4. The van der Waals surface area contributed by atoms with Crippen LogP contribution in [0.2, 0.25) is 0 Å². The first-order chi connectivity index (χ1) is 28.3. The molecule has 0 amide bonds. The van der Waals surface area contributed by atoms with E-state index >= 15 is 0 Å². The maximum absolute atomic E-state index is 6.84. The highest BCUT2D eigenvalue weighted by molar-refractivity contribution is 6.28. The summed E-state index contributed by atoms with van der Waals surface area (Å²) in [5, 5.41) is 6.53. The summed E-state index contributed by atoms with van der Waals surface area (Å²) in [5.41, 5.74) is 11.3. The number of para-hydroxylation sites is 3. The van der Waals surface area contributed by atoms with E-state index in [9.17, 15) is 0 Å². The Morgan fingerprint density at radius 1 is 0.333 bits per heavy atom. The second-order valence-corrected chi connectivity index (χ2v) is 14.3. The van der Waals surface area contributed by atoms with Crippen molar-refractivity contribution in [1.82, 2.24) is 19.5 Å². The SMILES string of the molecule is c1ccc(-c2ccc(-c3nc(-c4ccccc4)nc(-c4ccc(-n5c6ccccc6c6c7c(ccc65)oc5ccccc57)c5c4oc4ccccc45)n3)cc2)cc1. The van der Waals surface area contributed by atoms with Crippen molar-refractivity contribution < 1.29 is 8.83 Å². The second-order valence-electron chi connectivity index (χ2n) is 14.3. The molecule has 0 aliphatic rings. The van der Waals surface area contributed by atoms with E-state index in [4.69, 9.17) is 23.8 Å². The van der Waals surface area contributed by atoms with Gasteiger partial charge in [0, 0.05) is 38.1 Å². The molecule has 0 N–H and O–H groups in total. The molecule has 0 bridgehead atoms. The van der Waals surface area contributed by atoms with Crippen molar-refractivity contribution in [3.63, 3.8) is 0 Å². The molecule has 4 heterocycles. The standard InChI is InChI=1S/C51H30N4O2/c1-3-13-31(14-4-1)32-23-25-34(26-24-32)50-52-49(33-15-5-2-6-16-33)53-51(54-50)38-27-28-41(46-36-18-8-12-22-43(36)57-48(38)46)55-39-20-10-7-17-35(39)45-40(55)29-30-44-47(45)37-19-9-11-21-42(37)56-44/h1-30H. The lowest BCUT2D eigenvalue weighted by Crippen LogP contribution is -2.01. The van der Waals surface area contributed by atoms with Gasteiger partial charge in [-0.05, 0) is 53.6 Å². The number of hydrogen-bond donors (Lipinski definition) is 0. The third-order valence-corrected chi connectivity index (χ3v) is 11.1. The quantitative estimate of drug-likeness (QED) is 0.176. The largest absolute Gasteiger partial charge is 0.456 e. The average molecular weight is 731 g/mol. The highest BCUT2D eigenvalue weighted by Gasteiger charge is 2.24. The maximum Gasteiger partial charge on any atom is 0.167 e. The summed E-state index contributed by atoms with van der Waals surface area (Å²) >= 11 is 0. The van der Waals surface area contributed by atoms with Gasteiger partial charge in [0.25, 0.3) is 0 Å². The molecule has 0 unspecified atom stereocenters. The Kier molecular flexibility index (Phi) is 6.83. The molecule has 0 saturated heterocycles. The van der Waals surface area contributed by atoms with Crippen LogP contribution >= 0.6 is 0 Å². The number of rotatable bonds is 5. The molecule has 0 aliphatic heterocycles. The van der Waals surface area contributed by atoms with Gasteiger partial charge in [0.15, 0.2) is 17.5 Å². The molecule has 6 heteroatoms. The highest BCUT2D eigenvalue weighted by Crippen LogP contribution is 2.45. The smallest absolute Gasteiger partial charge is 0.167 e. The van der Waals surface area contributed by atoms with Gasteiger partial charge < -0.3 is 13.4 Å². The number of fused-ring (bicyclic) bond motifs is 10. The molecule has 266 valence electrons. The van der Waals surface area contributed by atoms with Crippen molar-refractivity contribution in [2.45, 2.75) is 0 Å². The van der Waals surface area contributed by atoms with Crippen LogP contribution in [0, 0.1) is 0 Å². The Hall–Kier alpha value is -7.83. The first-order valence-electron chi connectivity index (χ1n) is 19.0. The van der Waals surface area contributed by atoms with Gasteiger partial charge in [0.1, 0.15) is 22.3 Å². The minimum absolute atomic E-state index is 0.537. The van der Waals surface area contributed by atoms with Crippen LogP contribution in [0.4, 0.5) is 0 Å². The minimum Gasteiger partial charge on any atom is -0.456 e. The van der Waals surface area contributed by atoms with Crippen LogP contribution in [0.1, 0.15) is 0 Å². The van der Waals surface area contributed by atoms with Crippen molar-refractivity contribution >= 4 is 65.7 Å². The third kappa shape index (κ3) is 4.87. The molecular formula is C51H30N4O2. The fraction of sp³-hybridized carbons (Fsp3) is 0. The predicted molar refractivity (Wildman–Crippen MR) is 230 cm³/mol. The van der Waals surface area contributed by atoms with Crippen LogP contribution in [0.5, 0.6) is 0 Å². The van der Waals surface area contributed by atoms with Crippen LogP contribution in [0.3, 0.4) is 0 Å². The van der Waals surface area contributed by atoms with Crippen LogP contribution in [0.25, 0.3) is 117 Å². The number of benzene rings is 8. The second kappa shape index (κ2) is 12.3. The molecular weight excluding hydrogens is 701 g/mol. The Morgan fingerprint density at radius 3 is 1.61 bits per heavy atom. The number of hydrogen-bond acceptors (Lipinski definition) is 5. The van der Waals surface area contributed by atoms with Crippen LogP contribution in [0.15, 0.2) is 191 Å². The van der Waals surface area contributed by atoms with Gasteiger partial charge >= 0.3 is 0 Å². The van der Waals surface area contributed by atoms with Gasteiger partial charge in [-0.25, -0.2) is 15.0 Å². The van der Waals surface area contributed by atoms with Crippen molar-refractivity contribution in [2.24, 2.45) is 0 Å². The molecule has 57 heavy (non-hydrogen) atoms. The monoisotopic (exact) mass is 730 g/mol. The Labute approximate surface area is 325 Å². The summed E-state index contributed by atoms with van der Waals surface area (Å²) in [6.45, 7) is 0. The lowest BCUT2D eigenvalue weighted by molar-refractivity contribution is 0.669. The number of aromatic nitrogens is 4. The third-order valence-electron chi connectivity index (χ3n) is 11.1. The van der Waals surface area contributed by atoms with E-state index in [2.05, 4.69) is 126 Å². The molecule has 12 aromatic rings. The van der Waals surface area contributed by atoms with E-state index in [0.717, 1.165) is 93.6 Å². The van der Waals surface area contributed by atoms with Gasteiger partial charge in [-0.3, -0.25) is 0 Å². The zero-order valence-electron chi connectivity index (χ0n) is 30.4. The Bertz CT molecular complexity index is 3510. The van der Waals surface area contributed by atoms with Crippen molar-refractivity contribution in [3.05, 3.63) is 182 Å². The van der Waals surface area contributed by atoms with Gasteiger partial charge in [0.05, 0.1) is 27.7 Å². The lowest BCUT2D eigenvalue weighted by Gasteiger charge is -2.13.